The SMILES string of the molecule is Cc1c(-c2c3cc4ccccc4c(C#N)c3c(C(F)(F)F)n[n+]2C)cc(C(C)(C)C)c2cc3ccccc3cc12. The molecule has 198 valence electrons. The maximum absolute atomic E-state index is 14.4. The van der Waals surface area contributed by atoms with Gasteiger partial charge in [0.1, 0.15) is 6.07 Å². The molecule has 0 aliphatic rings. The molecule has 6 rings (SSSR count). The number of hydrogen-bond donors (Lipinski definition) is 0. The van der Waals surface area contributed by atoms with E-state index in [1.807, 2.05) is 31.2 Å². The molecule has 0 radical (unpaired) electrons. The summed E-state index contributed by atoms with van der Waals surface area (Å²) in [6.45, 7) is 8.43. The molecule has 0 saturated heterocycles. The zero-order valence-corrected chi connectivity index (χ0v) is 22.9. The van der Waals surface area contributed by atoms with Gasteiger partial charge in [0.15, 0.2) is 7.05 Å². The molecule has 6 aromatic rings. The molecule has 3 nitrogen and oxygen atoms in total. The molecule has 0 saturated carbocycles. The molecule has 0 spiro atoms. The Morgan fingerprint density at radius 2 is 1.35 bits per heavy atom. The third-order valence-electron chi connectivity index (χ3n) is 7.83. The van der Waals surface area contributed by atoms with Crippen molar-refractivity contribution in [3.63, 3.8) is 0 Å². The number of benzene rings is 5. The van der Waals surface area contributed by atoms with Crippen LogP contribution in [0.5, 0.6) is 0 Å². The van der Waals surface area contributed by atoms with Crippen LogP contribution in [-0.4, -0.2) is 5.10 Å². The number of fused-ring (bicyclic) bond motifs is 4. The van der Waals surface area contributed by atoms with Crippen molar-refractivity contribution in [1.82, 2.24) is 5.10 Å². The van der Waals surface area contributed by atoms with Crippen molar-refractivity contribution in [2.45, 2.75) is 39.3 Å². The summed E-state index contributed by atoms with van der Waals surface area (Å²) in [5, 5.41) is 19.9. The van der Waals surface area contributed by atoms with Gasteiger partial charge in [-0.05, 0) is 74.7 Å². The molecule has 1 aromatic heterocycles. The largest absolute Gasteiger partial charge is 0.439 e. The van der Waals surface area contributed by atoms with Crippen molar-refractivity contribution in [2.75, 3.05) is 0 Å². The number of aryl methyl sites for hydroxylation is 2. The minimum atomic E-state index is -4.74. The zero-order chi connectivity index (χ0) is 28.6. The second-order valence-corrected chi connectivity index (χ2v) is 11.4. The summed E-state index contributed by atoms with van der Waals surface area (Å²) in [6, 6.07) is 25.5. The van der Waals surface area contributed by atoms with Gasteiger partial charge in [0, 0.05) is 15.9 Å². The van der Waals surface area contributed by atoms with E-state index in [0.29, 0.717) is 21.9 Å². The van der Waals surface area contributed by atoms with Crippen LogP contribution in [0.4, 0.5) is 13.2 Å². The summed E-state index contributed by atoms with van der Waals surface area (Å²) < 4.78 is 44.6. The molecular weight excluding hydrogens is 507 g/mol. The maximum Gasteiger partial charge on any atom is 0.439 e. The highest BCUT2D eigenvalue weighted by Gasteiger charge is 2.41. The first-order valence-corrected chi connectivity index (χ1v) is 13.1. The average Bonchev–Trinajstić information content (AvgIpc) is 2.90. The summed E-state index contributed by atoms with van der Waals surface area (Å²) in [5.74, 6) is 0. The molecule has 6 heteroatoms. The van der Waals surface area contributed by atoms with Crippen LogP contribution in [0, 0.1) is 18.3 Å². The van der Waals surface area contributed by atoms with Gasteiger partial charge in [-0.1, -0.05) is 74.0 Å². The van der Waals surface area contributed by atoms with E-state index in [4.69, 9.17) is 0 Å². The summed E-state index contributed by atoms with van der Waals surface area (Å²) in [5.41, 5.74) is 2.04. The van der Waals surface area contributed by atoms with Crippen molar-refractivity contribution in [3.05, 3.63) is 95.2 Å². The Hall–Kier alpha value is -4.50. The number of hydrogen-bond acceptors (Lipinski definition) is 2. The minimum Gasteiger partial charge on any atom is -0.192 e. The van der Waals surface area contributed by atoms with Gasteiger partial charge in [-0.2, -0.15) is 18.4 Å². The fourth-order valence-electron chi connectivity index (χ4n) is 5.95. The number of rotatable bonds is 1. The molecule has 0 amide bonds. The lowest BCUT2D eigenvalue weighted by atomic mass is 9.79. The van der Waals surface area contributed by atoms with Gasteiger partial charge in [-0.15, -0.1) is 0 Å². The van der Waals surface area contributed by atoms with E-state index in [1.54, 1.807) is 25.2 Å². The molecular formula is C34H27F3N3+. The summed E-state index contributed by atoms with van der Waals surface area (Å²) in [4.78, 5) is 0. The van der Waals surface area contributed by atoms with Crippen LogP contribution in [0.1, 0.15) is 43.2 Å². The van der Waals surface area contributed by atoms with E-state index in [0.717, 1.165) is 38.2 Å². The van der Waals surface area contributed by atoms with Gasteiger partial charge in [-0.25, -0.2) is 0 Å². The van der Waals surface area contributed by atoms with Crippen molar-refractivity contribution < 1.29 is 17.9 Å². The quantitative estimate of drug-likeness (QED) is 0.156. The lowest BCUT2D eigenvalue weighted by molar-refractivity contribution is -0.720. The number of nitriles is 1. The van der Waals surface area contributed by atoms with Gasteiger partial charge in [-0.3, -0.25) is 0 Å². The van der Waals surface area contributed by atoms with Gasteiger partial charge in [0.05, 0.1) is 16.5 Å². The zero-order valence-electron chi connectivity index (χ0n) is 22.9. The standard InChI is InChI=1S/C34H27F3N3/c1-19-24-14-20-10-6-7-11-21(20)15-26(24)29(33(2,3)4)17-25(19)31-27-16-22-12-8-9-13-23(22)28(18-38)30(27)32(34(35,36)37)39-40(31)5/h6-17H,1-5H3/q+1. The van der Waals surface area contributed by atoms with Crippen LogP contribution in [0.3, 0.4) is 0 Å². The Morgan fingerprint density at radius 3 is 1.95 bits per heavy atom. The lowest BCUT2D eigenvalue weighted by Gasteiger charge is -2.24. The average molecular weight is 535 g/mol. The number of halogens is 3. The first kappa shape index (κ1) is 25.8. The van der Waals surface area contributed by atoms with Crippen molar-refractivity contribution in [2.24, 2.45) is 7.05 Å². The predicted molar refractivity (Wildman–Crippen MR) is 154 cm³/mol. The van der Waals surface area contributed by atoms with E-state index < -0.39 is 11.9 Å². The van der Waals surface area contributed by atoms with Crippen LogP contribution in [0.15, 0.2) is 72.8 Å². The first-order chi connectivity index (χ1) is 18.9. The highest BCUT2D eigenvalue weighted by atomic mass is 19.4. The molecule has 1 heterocycles. The van der Waals surface area contributed by atoms with Crippen LogP contribution >= 0.6 is 0 Å². The number of aromatic nitrogens is 2. The first-order valence-electron chi connectivity index (χ1n) is 13.1. The molecule has 0 fully saturated rings. The number of nitrogens with zero attached hydrogens (tertiary/aromatic N) is 3. The summed E-state index contributed by atoms with van der Waals surface area (Å²) >= 11 is 0. The van der Waals surface area contributed by atoms with Gasteiger partial charge in [0.25, 0.3) is 0 Å². The fourth-order valence-corrected chi connectivity index (χ4v) is 5.95. The lowest BCUT2D eigenvalue weighted by Crippen LogP contribution is -2.39. The smallest absolute Gasteiger partial charge is 0.192 e. The topological polar surface area (TPSA) is 40.6 Å². The molecule has 40 heavy (non-hydrogen) atoms. The summed E-state index contributed by atoms with van der Waals surface area (Å²) in [7, 11) is 1.55. The van der Waals surface area contributed by atoms with E-state index in [-0.39, 0.29) is 16.4 Å². The number of alkyl halides is 3. The Bertz CT molecular complexity index is 2060. The minimum absolute atomic E-state index is 0.0183. The third-order valence-corrected chi connectivity index (χ3v) is 7.83. The van der Waals surface area contributed by atoms with Crippen LogP contribution in [0.25, 0.3) is 54.3 Å². The maximum atomic E-state index is 14.4. The molecule has 0 aliphatic heterocycles. The second kappa shape index (κ2) is 8.76. The van der Waals surface area contributed by atoms with Crippen molar-refractivity contribution in [3.8, 4) is 17.3 Å². The van der Waals surface area contributed by atoms with E-state index >= 15 is 0 Å². The van der Waals surface area contributed by atoms with Crippen molar-refractivity contribution >= 4 is 43.1 Å². The Balaban J connectivity index is 1.85. The van der Waals surface area contributed by atoms with Gasteiger partial charge >= 0.3 is 6.18 Å². The van der Waals surface area contributed by atoms with E-state index in [9.17, 15) is 18.4 Å². The van der Waals surface area contributed by atoms with Gasteiger partial charge in [0.2, 0.25) is 11.4 Å². The van der Waals surface area contributed by atoms with Gasteiger partial charge < -0.3 is 0 Å². The molecule has 0 N–H and O–H groups in total. The Morgan fingerprint density at radius 1 is 0.775 bits per heavy atom. The van der Waals surface area contributed by atoms with Crippen molar-refractivity contribution in [1.29, 1.82) is 5.26 Å². The van der Waals surface area contributed by atoms with Crippen LogP contribution < -0.4 is 4.68 Å². The van der Waals surface area contributed by atoms with Crippen LogP contribution in [0.2, 0.25) is 0 Å². The Kier molecular flexibility index (Phi) is 5.64. The second-order valence-electron chi connectivity index (χ2n) is 11.4. The highest BCUT2D eigenvalue weighted by molar-refractivity contribution is 6.11. The molecule has 0 atom stereocenters. The monoisotopic (exact) mass is 534 g/mol. The third kappa shape index (κ3) is 3.88. The van der Waals surface area contributed by atoms with Crippen LogP contribution in [-0.2, 0) is 18.6 Å². The fraction of sp³-hybridized carbons (Fsp3) is 0.206. The van der Waals surface area contributed by atoms with E-state index in [1.165, 1.54) is 4.68 Å². The molecule has 0 unspecified atom stereocenters. The molecule has 5 aromatic carbocycles. The molecule has 0 aliphatic carbocycles. The highest BCUT2D eigenvalue weighted by Crippen LogP contribution is 2.43. The predicted octanol–water partition coefficient (Wildman–Crippen LogP) is 8.68. The van der Waals surface area contributed by atoms with E-state index in [2.05, 4.69) is 62.3 Å². The summed E-state index contributed by atoms with van der Waals surface area (Å²) in [6.07, 6.45) is -4.74. The Labute approximate surface area is 230 Å². The normalized spacial score (nSPS) is 12.5. The molecule has 0 bridgehead atoms.